The number of carbonyl (C=O) groups excluding carboxylic acids is 1. The molecule has 0 aliphatic carbocycles. The van der Waals surface area contributed by atoms with Crippen LogP contribution in [-0.2, 0) is 0 Å². The molecule has 0 N–H and O–H groups in total. The number of imidazole rings is 1. The second-order valence-corrected chi connectivity index (χ2v) is 9.11. The van der Waals surface area contributed by atoms with Crippen molar-refractivity contribution in [2.75, 3.05) is 38.2 Å². The summed E-state index contributed by atoms with van der Waals surface area (Å²) in [5.41, 5.74) is 5.41. The third kappa shape index (κ3) is 3.92. The van der Waals surface area contributed by atoms with Gasteiger partial charge in [-0.1, -0.05) is 42.5 Å². The summed E-state index contributed by atoms with van der Waals surface area (Å²) < 4.78 is 7.50. The number of aromatic nitrogens is 3. The third-order valence-corrected chi connectivity index (χ3v) is 6.88. The Bertz CT molecular complexity index is 1570. The van der Waals surface area contributed by atoms with Crippen LogP contribution in [-0.4, -0.2) is 58.5 Å². The van der Waals surface area contributed by atoms with E-state index in [1.807, 2.05) is 76.3 Å². The molecular formula is C29H27N5O2. The van der Waals surface area contributed by atoms with Gasteiger partial charge in [-0.2, -0.15) is 0 Å². The first-order valence-corrected chi connectivity index (χ1v) is 12.1. The minimum absolute atomic E-state index is 0.0331. The number of piperazine rings is 1. The Morgan fingerprint density at radius 2 is 1.72 bits per heavy atom. The number of carbonyl (C=O) groups is 1. The molecule has 1 saturated heterocycles. The van der Waals surface area contributed by atoms with Gasteiger partial charge in [-0.05, 0) is 36.8 Å². The Kier molecular flexibility index (Phi) is 5.52. The van der Waals surface area contributed by atoms with Gasteiger partial charge >= 0.3 is 0 Å². The van der Waals surface area contributed by atoms with Crippen LogP contribution >= 0.6 is 0 Å². The van der Waals surface area contributed by atoms with Crippen molar-refractivity contribution in [3.05, 3.63) is 90.3 Å². The first-order chi connectivity index (χ1) is 17.6. The summed E-state index contributed by atoms with van der Waals surface area (Å²) in [5.74, 6) is 1.73. The largest absolute Gasteiger partial charge is 0.494 e. The van der Waals surface area contributed by atoms with E-state index in [1.165, 1.54) is 0 Å². The lowest BCUT2D eigenvalue weighted by Crippen LogP contribution is -2.49. The molecule has 1 aliphatic heterocycles. The molecule has 0 radical (unpaired) electrons. The number of pyridine rings is 2. The van der Waals surface area contributed by atoms with Gasteiger partial charge in [-0.3, -0.25) is 4.79 Å². The van der Waals surface area contributed by atoms with Crippen molar-refractivity contribution in [1.82, 2.24) is 19.3 Å². The Morgan fingerprint density at radius 3 is 2.50 bits per heavy atom. The van der Waals surface area contributed by atoms with Gasteiger partial charge in [-0.15, -0.1) is 0 Å². The molecular weight excluding hydrogens is 450 g/mol. The Hall–Kier alpha value is -4.39. The minimum Gasteiger partial charge on any atom is -0.494 e. The second-order valence-electron chi connectivity index (χ2n) is 9.11. The number of nitrogens with zero attached hydrogens (tertiary/aromatic N) is 5. The summed E-state index contributed by atoms with van der Waals surface area (Å²) in [4.78, 5) is 27.1. The van der Waals surface area contributed by atoms with Crippen LogP contribution in [0.3, 0.4) is 0 Å². The van der Waals surface area contributed by atoms with E-state index in [-0.39, 0.29) is 5.91 Å². The lowest BCUT2D eigenvalue weighted by atomic mass is 10.1. The van der Waals surface area contributed by atoms with E-state index in [0.717, 1.165) is 58.0 Å². The van der Waals surface area contributed by atoms with Gasteiger partial charge in [-0.25, -0.2) is 9.97 Å². The summed E-state index contributed by atoms with van der Waals surface area (Å²) in [5, 5.41) is 1.09. The van der Waals surface area contributed by atoms with Crippen molar-refractivity contribution in [3.63, 3.8) is 0 Å². The van der Waals surface area contributed by atoms with E-state index >= 15 is 0 Å². The average Bonchev–Trinajstić information content (AvgIpc) is 3.36. The quantitative estimate of drug-likeness (QED) is 0.371. The molecule has 5 aromatic rings. The fourth-order valence-corrected chi connectivity index (χ4v) is 4.88. The van der Waals surface area contributed by atoms with E-state index < -0.39 is 0 Å². The molecule has 0 unspecified atom stereocenters. The van der Waals surface area contributed by atoms with Gasteiger partial charge in [0.1, 0.15) is 22.7 Å². The Balaban J connectivity index is 1.19. The van der Waals surface area contributed by atoms with Crippen LogP contribution in [0.25, 0.3) is 27.8 Å². The van der Waals surface area contributed by atoms with Crippen molar-refractivity contribution < 1.29 is 9.53 Å². The lowest BCUT2D eigenvalue weighted by molar-refractivity contribution is 0.0746. The summed E-state index contributed by atoms with van der Waals surface area (Å²) >= 11 is 0. The zero-order chi connectivity index (χ0) is 24.6. The van der Waals surface area contributed by atoms with Crippen molar-refractivity contribution in [2.45, 2.75) is 6.92 Å². The zero-order valence-corrected chi connectivity index (χ0v) is 20.4. The summed E-state index contributed by atoms with van der Waals surface area (Å²) in [6.45, 7) is 4.82. The summed E-state index contributed by atoms with van der Waals surface area (Å²) in [6, 6.07) is 21.9. The van der Waals surface area contributed by atoms with E-state index in [1.54, 1.807) is 7.11 Å². The van der Waals surface area contributed by atoms with Gasteiger partial charge in [0.2, 0.25) is 0 Å². The molecule has 4 heterocycles. The molecule has 1 amide bonds. The number of fused-ring (bicyclic) bond motifs is 2. The predicted octanol–water partition coefficient (Wildman–Crippen LogP) is 4.83. The topological polar surface area (TPSA) is 63.0 Å². The number of hydrogen-bond acceptors (Lipinski definition) is 5. The average molecular weight is 478 g/mol. The number of para-hydroxylation sites is 1. The van der Waals surface area contributed by atoms with Crippen molar-refractivity contribution >= 4 is 28.3 Å². The summed E-state index contributed by atoms with van der Waals surface area (Å²) in [6.07, 6.45) is 3.90. The van der Waals surface area contributed by atoms with Crippen LogP contribution in [0.2, 0.25) is 0 Å². The maximum Gasteiger partial charge on any atom is 0.254 e. The molecule has 0 saturated carbocycles. The molecule has 6 rings (SSSR count). The minimum atomic E-state index is 0.0331. The molecule has 7 nitrogen and oxygen atoms in total. The normalized spacial score (nSPS) is 13.9. The number of methoxy groups -OCH3 is 1. The number of amides is 1. The van der Waals surface area contributed by atoms with Crippen LogP contribution in [0.5, 0.6) is 5.75 Å². The molecule has 7 heteroatoms. The van der Waals surface area contributed by atoms with Crippen LogP contribution in [0, 0.1) is 6.92 Å². The van der Waals surface area contributed by atoms with Crippen molar-refractivity contribution in [1.29, 1.82) is 0 Å². The molecule has 1 aliphatic rings. The van der Waals surface area contributed by atoms with Crippen LogP contribution in [0.15, 0.2) is 79.1 Å². The number of anilines is 1. The number of aryl methyl sites for hydroxylation is 1. The molecule has 1 fully saturated rings. The highest BCUT2D eigenvalue weighted by molar-refractivity contribution is 5.95. The first kappa shape index (κ1) is 22.1. The van der Waals surface area contributed by atoms with Crippen molar-refractivity contribution in [2.24, 2.45) is 0 Å². The van der Waals surface area contributed by atoms with Gasteiger partial charge in [0.25, 0.3) is 5.91 Å². The number of rotatable bonds is 4. The Morgan fingerprint density at radius 1 is 0.917 bits per heavy atom. The van der Waals surface area contributed by atoms with Crippen LogP contribution in [0.1, 0.15) is 15.9 Å². The fraction of sp³-hybridized carbons (Fsp3) is 0.207. The number of ether oxygens (including phenoxy) is 1. The second kappa shape index (κ2) is 9.00. The molecule has 180 valence electrons. The molecule has 0 bridgehead atoms. The van der Waals surface area contributed by atoms with Gasteiger partial charge < -0.3 is 18.9 Å². The first-order valence-electron chi connectivity index (χ1n) is 12.1. The smallest absolute Gasteiger partial charge is 0.254 e. The lowest BCUT2D eigenvalue weighted by Gasteiger charge is -2.35. The molecule has 0 atom stereocenters. The van der Waals surface area contributed by atoms with Gasteiger partial charge in [0.05, 0.1) is 12.8 Å². The van der Waals surface area contributed by atoms with E-state index in [4.69, 9.17) is 14.7 Å². The monoisotopic (exact) mass is 477 g/mol. The Labute approximate surface area is 209 Å². The number of benzene rings is 2. The molecule has 3 aromatic heterocycles. The maximum absolute atomic E-state index is 13.3. The number of hydrogen-bond donors (Lipinski definition) is 0. The standard InChI is InChI=1S/C29H27N5O2/c1-20-17-26(31-28-23(20)9-6-10-25(28)36-2)32-13-15-33(16-14-32)29(35)22-11-12-34-19-24(30-27(34)18-22)21-7-4-3-5-8-21/h3-12,17-19H,13-16H2,1-2H3. The molecule has 0 spiro atoms. The van der Waals surface area contributed by atoms with Gasteiger partial charge in [0, 0.05) is 55.1 Å². The molecule has 36 heavy (non-hydrogen) atoms. The van der Waals surface area contributed by atoms with Crippen molar-refractivity contribution in [3.8, 4) is 17.0 Å². The SMILES string of the molecule is COc1cccc2c(C)cc(N3CCN(C(=O)c4ccn5cc(-c6ccccc6)nc5c4)CC3)nc12. The third-order valence-electron chi connectivity index (χ3n) is 6.88. The van der Waals surface area contributed by atoms with E-state index in [2.05, 4.69) is 24.0 Å². The van der Waals surface area contributed by atoms with E-state index in [9.17, 15) is 4.79 Å². The fourth-order valence-electron chi connectivity index (χ4n) is 4.88. The van der Waals surface area contributed by atoms with Crippen LogP contribution < -0.4 is 9.64 Å². The highest BCUT2D eigenvalue weighted by Gasteiger charge is 2.24. The van der Waals surface area contributed by atoms with E-state index in [0.29, 0.717) is 18.7 Å². The van der Waals surface area contributed by atoms with Gasteiger partial charge in [0.15, 0.2) is 0 Å². The summed E-state index contributed by atoms with van der Waals surface area (Å²) in [7, 11) is 1.67. The molecule has 2 aromatic carbocycles. The zero-order valence-electron chi connectivity index (χ0n) is 20.4. The highest BCUT2D eigenvalue weighted by atomic mass is 16.5. The maximum atomic E-state index is 13.3. The van der Waals surface area contributed by atoms with Crippen LogP contribution in [0.4, 0.5) is 5.82 Å². The predicted molar refractivity (Wildman–Crippen MR) is 142 cm³/mol. The highest BCUT2D eigenvalue weighted by Crippen LogP contribution is 2.29.